The first-order valence-electron chi connectivity index (χ1n) is 8.06. The van der Waals surface area contributed by atoms with Crippen molar-refractivity contribution in [2.24, 2.45) is 0 Å². The van der Waals surface area contributed by atoms with Crippen molar-refractivity contribution >= 4 is 5.91 Å². The Morgan fingerprint density at radius 2 is 2.00 bits per heavy atom. The molecule has 0 bridgehead atoms. The topological polar surface area (TPSA) is 58.4 Å². The molecule has 0 aromatic carbocycles. The summed E-state index contributed by atoms with van der Waals surface area (Å²) in [5.41, 5.74) is 0.232. The summed E-state index contributed by atoms with van der Waals surface area (Å²) in [6, 6.07) is 3.53. The second kappa shape index (κ2) is 7.54. The van der Waals surface area contributed by atoms with Crippen LogP contribution in [0.15, 0.2) is 16.9 Å². The average molecular weight is 306 g/mol. The Hall–Kier alpha value is -1.69. The summed E-state index contributed by atoms with van der Waals surface area (Å²) in [5, 5.41) is 4.24. The summed E-state index contributed by atoms with van der Waals surface area (Å²) in [4.78, 5) is 28.4. The van der Waals surface area contributed by atoms with Gasteiger partial charge in [0.15, 0.2) is 0 Å². The van der Waals surface area contributed by atoms with Crippen molar-refractivity contribution in [2.45, 2.75) is 45.2 Å². The molecule has 1 aromatic rings. The summed E-state index contributed by atoms with van der Waals surface area (Å²) in [5.74, 6) is -0.0672. The molecule has 1 saturated heterocycles. The maximum atomic E-state index is 12.5. The lowest BCUT2D eigenvalue weighted by atomic mass is 10.0. The minimum Gasteiger partial charge on any atom is -0.337 e. The van der Waals surface area contributed by atoms with Gasteiger partial charge in [0.1, 0.15) is 5.69 Å². The van der Waals surface area contributed by atoms with Crippen molar-refractivity contribution in [1.82, 2.24) is 19.6 Å². The fourth-order valence-corrected chi connectivity index (χ4v) is 2.78. The number of aryl methyl sites for hydroxylation is 1. The number of piperidine rings is 1. The van der Waals surface area contributed by atoms with Crippen LogP contribution in [0.2, 0.25) is 0 Å². The van der Waals surface area contributed by atoms with Crippen molar-refractivity contribution in [3.8, 4) is 0 Å². The molecular formula is C16H26N4O2. The summed E-state index contributed by atoms with van der Waals surface area (Å²) in [7, 11) is 4.15. The number of carbonyl (C=O) groups is 1. The largest absolute Gasteiger partial charge is 0.337 e. The number of likely N-dealkylation sites (tertiary alicyclic amines) is 1. The first kappa shape index (κ1) is 16.7. The van der Waals surface area contributed by atoms with E-state index in [4.69, 9.17) is 0 Å². The second-order valence-electron chi connectivity index (χ2n) is 6.12. The molecule has 0 radical (unpaired) electrons. The molecule has 0 N–H and O–H groups in total. The molecule has 0 atom stereocenters. The van der Waals surface area contributed by atoms with E-state index in [0.717, 1.165) is 38.8 Å². The van der Waals surface area contributed by atoms with Gasteiger partial charge in [0.2, 0.25) is 0 Å². The number of rotatable bonds is 5. The number of unbranched alkanes of at least 4 members (excludes halogenated alkanes) is 1. The van der Waals surface area contributed by atoms with E-state index in [1.54, 1.807) is 6.07 Å². The van der Waals surface area contributed by atoms with Gasteiger partial charge in [0.25, 0.3) is 11.5 Å². The zero-order valence-corrected chi connectivity index (χ0v) is 13.8. The van der Waals surface area contributed by atoms with E-state index in [1.807, 2.05) is 4.90 Å². The van der Waals surface area contributed by atoms with Crippen LogP contribution < -0.4 is 5.56 Å². The van der Waals surface area contributed by atoms with Gasteiger partial charge in [-0.05, 0) is 39.4 Å². The number of aromatic nitrogens is 2. The Morgan fingerprint density at radius 1 is 1.32 bits per heavy atom. The Kier molecular flexibility index (Phi) is 5.71. The van der Waals surface area contributed by atoms with E-state index in [1.165, 1.54) is 10.7 Å². The highest BCUT2D eigenvalue weighted by Gasteiger charge is 2.25. The molecule has 1 amide bonds. The minimum absolute atomic E-state index is 0.0672. The standard InChI is InChI=1S/C16H26N4O2/c1-4-5-10-20-15(21)7-6-14(17-20)16(22)19-11-8-13(9-12-19)18(2)3/h6-7,13H,4-5,8-12H2,1-3H3. The Bertz CT molecular complexity index is 560. The summed E-state index contributed by atoms with van der Waals surface area (Å²) in [6.07, 6.45) is 3.84. The zero-order valence-electron chi connectivity index (χ0n) is 13.8. The second-order valence-corrected chi connectivity index (χ2v) is 6.12. The number of amides is 1. The van der Waals surface area contributed by atoms with E-state index < -0.39 is 0 Å². The van der Waals surface area contributed by atoms with Gasteiger partial charge in [0, 0.05) is 31.7 Å². The van der Waals surface area contributed by atoms with E-state index in [9.17, 15) is 9.59 Å². The van der Waals surface area contributed by atoms with Crippen molar-refractivity contribution in [3.63, 3.8) is 0 Å². The zero-order chi connectivity index (χ0) is 16.1. The smallest absolute Gasteiger partial charge is 0.274 e. The highest BCUT2D eigenvalue weighted by molar-refractivity contribution is 5.92. The molecule has 122 valence electrons. The molecule has 1 aromatic heterocycles. The van der Waals surface area contributed by atoms with Crippen molar-refractivity contribution in [3.05, 3.63) is 28.2 Å². The SMILES string of the molecule is CCCCn1nc(C(=O)N2CCC(N(C)C)CC2)ccc1=O. The molecule has 0 saturated carbocycles. The maximum Gasteiger partial charge on any atom is 0.274 e. The van der Waals surface area contributed by atoms with E-state index in [0.29, 0.717) is 18.3 Å². The third-order valence-corrected chi connectivity index (χ3v) is 4.29. The molecule has 22 heavy (non-hydrogen) atoms. The van der Waals surface area contributed by atoms with Gasteiger partial charge < -0.3 is 9.80 Å². The van der Waals surface area contributed by atoms with Crippen LogP contribution in [0.3, 0.4) is 0 Å². The first-order valence-corrected chi connectivity index (χ1v) is 8.06. The summed E-state index contributed by atoms with van der Waals surface area (Å²) in [6.45, 7) is 4.13. The molecule has 2 heterocycles. The molecule has 6 nitrogen and oxygen atoms in total. The quantitative estimate of drug-likeness (QED) is 0.820. The van der Waals surface area contributed by atoms with Crippen LogP contribution in [0.4, 0.5) is 0 Å². The van der Waals surface area contributed by atoms with Gasteiger partial charge in [-0.15, -0.1) is 0 Å². The highest BCUT2D eigenvalue weighted by Crippen LogP contribution is 2.15. The van der Waals surface area contributed by atoms with Crippen LogP contribution in [0.25, 0.3) is 0 Å². The van der Waals surface area contributed by atoms with E-state index >= 15 is 0 Å². The van der Waals surface area contributed by atoms with Gasteiger partial charge in [0.05, 0.1) is 0 Å². The monoisotopic (exact) mass is 306 g/mol. The van der Waals surface area contributed by atoms with Crippen LogP contribution >= 0.6 is 0 Å². The average Bonchev–Trinajstić information content (AvgIpc) is 2.53. The minimum atomic E-state index is -0.142. The van der Waals surface area contributed by atoms with Crippen LogP contribution in [0.5, 0.6) is 0 Å². The summed E-state index contributed by atoms with van der Waals surface area (Å²) < 4.78 is 1.41. The van der Waals surface area contributed by atoms with Crippen molar-refractivity contribution in [2.75, 3.05) is 27.2 Å². The lowest BCUT2D eigenvalue weighted by Crippen LogP contribution is -2.45. The fourth-order valence-electron chi connectivity index (χ4n) is 2.78. The molecule has 2 rings (SSSR count). The van der Waals surface area contributed by atoms with Gasteiger partial charge in [-0.1, -0.05) is 13.3 Å². The number of nitrogens with zero attached hydrogens (tertiary/aromatic N) is 4. The van der Waals surface area contributed by atoms with Crippen LogP contribution in [0.1, 0.15) is 43.1 Å². The Morgan fingerprint density at radius 3 is 2.59 bits per heavy atom. The van der Waals surface area contributed by atoms with Crippen molar-refractivity contribution < 1.29 is 4.79 Å². The highest BCUT2D eigenvalue weighted by atomic mass is 16.2. The van der Waals surface area contributed by atoms with Gasteiger partial charge in [-0.3, -0.25) is 9.59 Å². The molecule has 0 unspecified atom stereocenters. The Labute approximate surface area is 131 Å². The fraction of sp³-hybridized carbons (Fsp3) is 0.688. The number of hydrogen-bond acceptors (Lipinski definition) is 4. The summed E-state index contributed by atoms with van der Waals surface area (Å²) >= 11 is 0. The van der Waals surface area contributed by atoms with Gasteiger partial charge in [-0.2, -0.15) is 5.10 Å². The van der Waals surface area contributed by atoms with Crippen LogP contribution in [-0.2, 0) is 6.54 Å². The van der Waals surface area contributed by atoms with Gasteiger partial charge >= 0.3 is 0 Å². The maximum absolute atomic E-state index is 12.5. The molecule has 6 heteroatoms. The first-order chi connectivity index (χ1) is 10.5. The van der Waals surface area contributed by atoms with E-state index in [2.05, 4.69) is 31.0 Å². The third kappa shape index (κ3) is 3.94. The van der Waals surface area contributed by atoms with Gasteiger partial charge in [-0.25, -0.2) is 4.68 Å². The van der Waals surface area contributed by atoms with Crippen molar-refractivity contribution in [1.29, 1.82) is 0 Å². The number of carbonyl (C=O) groups excluding carboxylic acids is 1. The van der Waals surface area contributed by atoms with Crippen LogP contribution in [0, 0.1) is 0 Å². The Balaban J connectivity index is 2.05. The number of hydrogen-bond donors (Lipinski definition) is 0. The molecule has 1 aliphatic heterocycles. The third-order valence-electron chi connectivity index (χ3n) is 4.29. The normalized spacial score (nSPS) is 16.3. The van der Waals surface area contributed by atoms with Crippen LogP contribution in [-0.4, -0.2) is 58.7 Å². The molecule has 1 fully saturated rings. The lowest BCUT2D eigenvalue weighted by Gasteiger charge is -2.35. The predicted molar refractivity (Wildman–Crippen MR) is 86.0 cm³/mol. The lowest BCUT2D eigenvalue weighted by molar-refractivity contribution is 0.0654. The molecular weight excluding hydrogens is 280 g/mol. The molecule has 0 spiro atoms. The molecule has 0 aliphatic carbocycles. The molecule has 1 aliphatic rings. The van der Waals surface area contributed by atoms with E-state index in [-0.39, 0.29) is 11.5 Å². The predicted octanol–water partition coefficient (Wildman–Crippen LogP) is 1.21.